The quantitative estimate of drug-likeness (QED) is 0.879. The molecule has 0 amide bonds. The molecular formula is C12H14N4O2. The number of nitrogens with zero attached hydrogens (tertiary/aromatic N) is 4. The summed E-state index contributed by atoms with van der Waals surface area (Å²) >= 11 is 0. The van der Waals surface area contributed by atoms with Crippen LogP contribution in [0.15, 0.2) is 18.6 Å². The number of aliphatic hydroxyl groups is 1. The highest BCUT2D eigenvalue weighted by atomic mass is 16.5. The molecule has 2 rings (SSSR count). The van der Waals surface area contributed by atoms with Crippen molar-refractivity contribution in [2.24, 2.45) is 0 Å². The van der Waals surface area contributed by atoms with Gasteiger partial charge < -0.3 is 9.84 Å². The first kappa shape index (κ1) is 12.4. The zero-order valence-electron chi connectivity index (χ0n) is 10.5. The predicted octanol–water partition coefficient (Wildman–Crippen LogP) is 1.30. The summed E-state index contributed by atoms with van der Waals surface area (Å²) in [6.07, 6.45) is 2.42. The topological polar surface area (TPSA) is 81.0 Å². The minimum Gasteiger partial charge on any atom is -0.481 e. The standard InChI is InChI=1S/C12H14N4O2/c1-7-9(8(2)17)5-13-12(16-7)10-4-11(18-3)15-6-14-10/h4-6,8,17H,1-3H3. The largest absolute Gasteiger partial charge is 0.481 e. The van der Waals surface area contributed by atoms with Crippen molar-refractivity contribution in [3.05, 3.63) is 29.8 Å². The lowest BCUT2D eigenvalue weighted by molar-refractivity contribution is 0.197. The van der Waals surface area contributed by atoms with Gasteiger partial charge in [0, 0.05) is 23.5 Å². The number of aliphatic hydroxyl groups excluding tert-OH is 1. The van der Waals surface area contributed by atoms with Crippen LogP contribution in [0.5, 0.6) is 5.88 Å². The smallest absolute Gasteiger partial charge is 0.216 e. The number of hydrogen-bond acceptors (Lipinski definition) is 6. The van der Waals surface area contributed by atoms with Gasteiger partial charge >= 0.3 is 0 Å². The van der Waals surface area contributed by atoms with Crippen LogP contribution in [0.1, 0.15) is 24.3 Å². The highest BCUT2D eigenvalue weighted by Crippen LogP contribution is 2.19. The first-order valence-corrected chi connectivity index (χ1v) is 5.50. The number of aryl methyl sites for hydroxylation is 1. The predicted molar refractivity (Wildman–Crippen MR) is 65.0 cm³/mol. The Kier molecular flexibility index (Phi) is 3.47. The Bertz CT molecular complexity index is 558. The molecule has 18 heavy (non-hydrogen) atoms. The van der Waals surface area contributed by atoms with Gasteiger partial charge in [-0.1, -0.05) is 0 Å². The van der Waals surface area contributed by atoms with E-state index < -0.39 is 6.10 Å². The molecule has 0 aliphatic heterocycles. The maximum atomic E-state index is 9.52. The van der Waals surface area contributed by atoms with Gasteiger partial charge in [0.2, 0.25) is 5.88 Å². The van der Waals surface area contributed by atoms with Crippen LogP contribution in [-0.4, -0.2) is 32.2 Å². The van der Waals surface area contributed by atoms with Crippen molar-refractivity contribution in [3.8, 4) is 17.4 Å². The van der Waals surface area contributed by atoms with Crippen molar-refractivity contribution in [1.82, 2.24) is 19.9 Å². The van der Waals surface area contributed by atoms with Gasteiger partial charge in [0.1, 0.15) is 12.0 Å². The zero-order chi connectivity index (χ0) is 13.1. The van der Waals surface area contributed by atoms with Gasteiger partial charge in [0.05, 0.1) is 13.2 Å². The third kappa shape index (κ3) is 2.43. The van der Waals surface area contributed by atoms with Gasteiger partial charge in [-0.05, 0) is 13.8 Å². The molecule has 6 heteroatoms. The van der Waals surface area contributed by atoms with Crippen LogP contribution in [-0.2, 0) is 0 Å². The van der Waals surface area contributed by atoms with Crippen LogP contribution in [0.4, 0.5) is 0 Å². The minimum absolute atomic E-state index is 0.459. The minimum atomic E-state index is -0.584. The van der Waals surface area contributed by atoms with E-state index in [1.807, 2.05) is 6.92 Å². The maximum absolute atomic E-state index is 9.52. The molecule has 0 saturated heterocycles. The van der Waals surface area contributed by atoms with Gasteiger partial charge in [-0.15, -0.1) is 0 Å². The first-order valence-electron chi connectivity index (χ1n) is 5.50. The van der Waals surface area contributed by atoms with E-state index in [0.717, 1.165) is 5.69 Å². The SMILES string of the molecule is COc1cc(-c2ncc(C(C)O)c(C)n2)ncn1. The van der Waals surface area contributed by atoms with Gasteiger partial charge in [0.15, 0.2) is 5.82 Å². The first-order chi connectivity index (χ1) is 8.61. The molecule has 6 nitrogen and oxygen atoms in total. The van der Waals surface area contributed by atoms with E-state index in [-0.39, 0.29) is 0 Å². The van der Waals surface area contributed by atoms with E-state index in [4.69, 9.17) is 4.74 Å². The number of rotatable bonds is 3. The lowest BCUT2D eigenvalue weighted by Gasteiger charge is -2.08. The maximum Gasteiger partial charge on any atom is 0.216 e. The molecule has 2 heterocycles. The second kappa shape index (κ2) is 5.05. The summed E-state index contributed by atoms with van der Waals surface area (Å²) in [5.41, 5.74) is 2.02. The van der Waals surface area contributed by atoms with Crippen LogP contribution in [0, 0.1) is 6.92 Å². The summed E-state index contributed by atoms with van der Waals surface area (Å²) in [5, 5.41) is 9.52. The van der Waals surface area contributed by atoms with Crippen LogP contribution in [0.3, 0.4) is 0 Å². The lowest BCUT2D eigenvalue weighted by atomic mass is 10.1. The van der Waals surface area contributed by atoms with Crippen molar-refractivity contribution >= 4 is 0 Å². The fourth-order valence-electron chi connectivity index (χ4n) is 1.58. The van der Waals surface area contributed by atoms with E-state index in [2.05, 4.69) is 19.9 Å². The molecule has 0 aliphatic rings. The van der Waals surface area contributed by atoms with E-state index in [1.54, 1.807) is 19.2 Å². The molecule has 1 atom stereocenters. The Hall–Kier alpha value is -2.08. The van der Waals surface area contributed by atoms with Gasteiger partial charge in [-0.2, -0.15) is 0 Å². The summed E-state index contributed by atoms with van der Waals surface area (Å²) in [6, 6.07) is 1.66. The van der Waals surface area contributed by atoms with Crippen LogP contribution < -0.4 is 4.74 Å². The summed E-state index contributed by atoms with van der Waals surface area (Å²) < 4.78 is 5.02. The fourth-order valence-corrected chi connectivity index (χ4v) is 1.58. The number of aromatic nitrogens is 4. The molecule has 0 fully saturated rings. The van der Waals surface area contributed by atoms with E-state index >= 15 is 0 Å². The number of ether oxygens (including phenoxy) is 1. The van der Waals surface area contributed by atoms with Crippen molar-refractivity contribution in [2.45, 2.75) is 20.0 Å². The summed E-state index contributed by atoms with van der Waals surface area (Å²) in [7, 11) is 1.54. The molecule has 2 aromatic rings. The number of hydrogen-bond donors (Lipinski definition) is 1. The monoisotopic (exact) mass is 246 g/mol. The zero-order valence-corrected chi connectivity index (χ0v) is 10.5. The number of methoxy groups -OCH3 is 1. The lowest BCUT2D eigenvalue weighted by Crippen LogP contribution is -2.02. The Labute approximate surface area is 105 Å². The molecule has 94 valence electrons. The van der Waals surface area contributed by atoms with E-state index in [0.29, 0.717) is 23.0 Å². The molecule has 1 unspecified atom stereocenters. The molecule has 1 N–H and O–H groups in total. The van der Waals surface area contributed by atoms with Crippen LogP contribution in [0.2, 0.25) is 0 Å². The van der Waals surface area contributed by atoms with Gasteiger partial charge in [0.25, 0.3) is 0 Å². The molecule has 0 aromatic carbocycles. The Balaban J connectivity index is 2.42. The molecular weight excluding hydrogens is 232 g/mol. The molecule has 2 aromatic heterocycles. The van der Waals surface area contributed by atoms with Gasteiger partial charge in [-0.3, -0.25) is 0 Å². The average Bonchev–Trinajstić information content (AvgIpc) is 2.38. The second-order valence-corrected chi connectivity index (χ2v) is 3.86. The highest BCUT2D eigenvalue weighted by Gasteiger charge is 2.10. The third-order valence-corrected chi connectivity index (χ3v) is 2.55. The Morgan fingerprint density at radius 2 is 2.06 bits per heavy atom. The van der Waals surface area contributed by atoms with Crippen molar-refractivity contribution in [1.29, 1.82) is 0 Å². The average molecular weight is 246 g/mol. The van der Waals surface area contributed by atoms with E-state index in [9.17, 15) is 5.11 Å². The molecule has 0 radical (unpaired) electrons. The summed E-state index contributed by atoms with van der Waals surface area (Å²) in [6.45, 7) is 3.50. The van der Waals surface area contributed by atoms with E-state index in [1.165, 1.54) is 13.4 Å². The van der Waals surface area contributed by atoms with Crippen molar-refractivity contribution in [3.63, 3.8) is 0 Å². The fraction of sp³-hybridized carbons (Fsp3) is 0.333. The van der Waals surface area contributed by atoms with Crippen molar-refractivity contribution < 1.29 is 9.84 Å². The molecule has 0 aliphatic carbocycles. The Morgan fingerprint density at radius 3 is 2.67 bits per heavy atom. The molecule has 0 bridgehead atoms. The normalized spacial score (nSPS) is 12.2. The molecule has 0 saturated carbocycles. The van der Waals surface area contributed by atoms with Gasteiger partial charge in [-0.25, -0.2) is 19.9 Å². The highest BCUT2D eigenvalue weighted by molar-refractivity contribution is 5.50. The molecule has 0 spiro atoms. The van der Waals surface area contributed by atoms with Crippen LogP contribution >= 0.6 is 0 Å². The van der Waals surface area contributed by atoms with Crippen LogP contribution in [0.25, 0.3) is 11.5 Å². The van der Waals surface area contributed by atoms with Crippen molar-refractivity contribution in [2.75, 3.05) is 7.11 Å². The summed E-state index contributed by atoms with van der Waals surface area (Å²) in [5.74, 6) is 0.943. The second-order valence-electron chi connectivity index (χ2n) is 3.86. The summed E-state index contributed by atoms with van der Waals surface area (Å²) in [4.78, 5) is 16.5. The third-order valence-electron chi connectivity index (χ3n) is 2.55. The Morgan fingerprint density at radius 1 is 1.28 bits per heavy atom.